The SMILES string of the molecule is COc1ccc(Br)cc1C(O)Cc1ccco1. The summed E-state index contributed by atoms with van der Waals surface area (Å²) in [6.45, 7) is 0. The van der Waals surface area contributed by atoms with Crippen molar-refractivity contribution in [1.29, 1.82) is 0 Å². The molecule has 1 atom stereocenters. The molecule has 0 fully saturated rings. The van der Waals surface area contributed by atoms with Gasteiger partial charge >= 0.3 is 0 Å². The molecule has 1 N–H and O–H groups in total. The number of benzene rings is 1. The van der Waals surface area contributed by atoms with Crippen molar-refractivity contribution < 1.29 is 14.3 Å². The maximum absolute atomic E-state index is 10.2. The Bertz CT molecular complexity index is 479. The molecule has 0 aliphatic rings. The standard InChI is InChI=1S/C13H13BrO3/c1-16-13-5-4-9(14)7-11(13)12(15)8-10-3-2-6-17-10/h2-7,12,15H,8H2,1H3. The van der Waals surface area contributed by atoms with E-state index >= 15 is 0 Å². The topological polar surface area (TPSA) is 42.6 Å². The Balaban J connectivity index is 2.23. The van der Waals surface area contributed by atoms with Gasteiger partial charge in [0.05, 0.1) is 19.5 Å². The van der Waals surface area contributed by atoms with E-state index in [4.69, 9.17) is 9.15 Å². The number of hydrogen-bond acceptors (Lipinski definition) is 3. The molecule has 0 amide bonds. The summed E-state index contributed by atoms with van der Waals surface area (Å²) in [6, 6.07) is 9.20. The Morgan fingerprint density at radius 1 is 1.41 bits per heavy atom. The van der Waals surface area contributed by atoms with Crippen LogP contribution in [0.25, 0.3) is 0 Å². The van der Waals surface area contributed by atoms with Gasteiger partial charge < -0.3 is 14.3 Å². The number of halogens is 1. The summed E-state index contributed by atoms with van der Waals surface area (Å²) in [6.07, 6.45) is 1.38. The summed E-state index contributed by atoms with van der Waals surface area (Å²) in [5.74, 6) is 1.42. The lowest BCUT2D eigenvalue weighted by Crippen LogP contribution is -2.03. The zero-order valence-electron chi connectivity index (χ0n) is 9.39. The molecule has 90 valence electrons. The van der Waals surface area contributed by atoms with Crippen LogP contribution in [0, 0.1) is 0 Å². The average Bonchev–Trinajstić information content (AvgIpc) is 2.81. The number of aliphatic hydroxyl groups is 1. The Morgan fingerprint density at radius 3 is 2.88 bits per heavy atom. The van der Waals surface area contributed by atoms with Crippen LogP contribution in [0.3, 0.4) is 0 Å². The molecule has 1 aromatic carbocycles. The summed E-state index contributed by atoms with van der Waals surface area (Å²) in [4.78, 5) is 0. The fourth-order valence-electron chi connectivity index (χ4n) is 1.69. The number of furan rings is 1. The highest BCUT2D eigenvalue weighted by Gasteiger charge is 2.15. The minimum atomic E-state index is -0.645. The quantitative estimate of drug-likeness (QED) is 0.941. The Morgan fingerprint density at radius 2 is 2.24 bits per heavy atom. The third-order valence-corrected chi connectivity index (χ3v) is 3.02. The summed E-state index contributed by atoms with van der Waals surface area (Å²) in [7, 11) is 1.59. The minimum Gasteiger partial charge on any atom is -0.496 e. The van der Waals surface area contributed by atoms with Crippen molar-refractivity contribution in [3.63, 3.8) is 0 Å². The lowest BCUT2D eigenvalue weighted by molar-refractivity contribution is 0.166. The molecule has 2 rings (SSSR count). The second kappa shape index (κ2) is 5.38. The van der Waals surface area contributed by atoms with Crippen molar-refractivity contribution in [3.05, 3.63) is 52.4 Å². The lowest BCUT2D eigenvalue weighted by atomic mass is 10.0. The molecule has 0 aliphatic carbocycles. The maximum atomic E-state index is 10.2. The molecule has 1 unspecified atom stereocenters. The average molecular weight is 297 g/mol. The van der Waals surface area contributed by atoms with Crippen molar-refractivity contribution >= 4 is 15.9 Å². The molecule has 4 heteroatoms. The summed E-state index contributed by atoms with van der Waals surface area (Å²) >= 11 is 3.38. The van der Waals surface area contributed by atoms with Gasteiger partial charge in [0, 0.05) is 16.5 Å². The van der Waals surface area contributed by atoms with Crippen LogP contribution in [0.5, 0.6) is 5.75 Å². The molecular formula is C13H13BrO3. The summed E-state index contributed by atoms with van der Waals surface area (Å²) in [5, 5.41) is 10.2. The van der Waals surface area contributed by atoms with Crippen LogP contribution < -0.4 is 4.74 Å². The highest BCUT2D eigenvalue weighted by Crippen LogP contribution is 2.30. The molecule has 0 aliphatic heterocycles. The lowest BCUT2D eigenvalue weighted by Gasteiger charge is -2.14. The second-order valence-corrected chi connectivity index (χ2v) is 4.60. The fourth-order valence-corrected chi connectivity index (χ4v) is 2.07. The second-order valence-electron chi connectivity index (χ2n) is 3.69. The van der Waals surface area contributed by atoms with Crippen molar-refractivity contribution in [2.45, 2.75) is 12.5 Å². The first-order valence-electron chi connectivity index (χ1n) is 5.24. The first kappa shape index (κ1) is 12.2. The normalized spacial score (nSPS) is 12.4. The smallest absolute Gasteiger partial charge is 0.124 e. The Labute approximate surface area is 108 Å². The fraction of sp³-hybridized carbons (Fsp3) is 0.231. The zero-order chi connectivity index (χ0) is 12.3. The molecule has 17 heavy (non-hydrogen) atoms. The third kappa shape index (κ3) is 2.90. The van der Waals surface area contributed by atoms with Crippen LogP contribution >= 0.6 is 15.9 Å². The molecule has 0 saturated carbocycles. The molecule has 3 nitrogen and oxygen atoms in total. The van der Waals surface area contributed by atoms with Gasteiger partial charge in [0.1, 0.15) is 11.5 Å². The first-order chi connectivity index (χ1) is 8.20. The Hall–Kier alpha value is -1.26. The highest BCUT2D eigenvalue weighted by atomic mass is 79.9. The molecule has 0 spiro atoms. The molecule has 0 bridgehead atoms. The van der Waals surface area contributed by atoms with E-state index in [1.54, 1.807) is 19.4 Å². The predicted octanol–water partition coefficient (Wildman–Crippen LogP) is 3.33. The van der Waals surface area contributed by atoms with Crippen LogP contribution in [0.15, 0.2) is 45.5 Å². The largest absolute Gasteiger partial charge is 0.496 e. The molecule has 1 heterocycles. The molecule has 0 saturated heterocycles. The monoisotopic (exact) mass is 296 g/mol. The van der Waals surface area contributed by atoms with Crippen LogP contribution in [0.2, 0.25) is 0 Å². The molecule has 0 radical (unpaired) electrons. The summed E-state index contributed by atoms with van der Waals surface area (Å²) in [5.41, 5.74) is 0.748. The van der Waals surface area contributed by atoms with E-state index in [0.29, 0.717) is 12.2 Å². The van der Waals surface area contributed by atoms with E-state index < -0.39 is 6.10 Å². The van der Waals surface area contributed by atoms with Crippen LogP contribution in [0.1, 0.15) is 17.4 Å². The van der Waals surface area contributed by atoms with Crippen LogP contribution in [-0.2, 0) is 6.42 Å². The van der Waals surface area contributed by atoms with E-state index in [9.17, 15) is 5.11 Å². The zero-order valence-corrected chi connectivity index (χ0v) is 11.0. The van der Waals surface area contributed by atoms with Gasteiger partial charge in [-0.2, -0.15) is 0 Å². The van der Waals surface area contributed by atoms with Gasteiger partial charge in [0.25, 0.3) is 0 Å². The van der Waals surface area contributed by atoms with Gasteiger partial charge in [0.2, 0.25) is 0 Å². The Kier molecular flexibility index (Phi) is 3.86. The van der Waals surface area contributed by atoms with E-state index in [1.807, 2.05) is 24.3 Å². The van der Waals surface area contributed by atoms with Crippen LogP contribution in [-0.4, -0.2) is 12.2 Å². The predicted molar refractivity (Wildman–Crippen MR) is 68.1 cm³/mol. The van der Waals surface area contributed by atoms with Gasteiger partial charge in [-0.3, -0.25) is 0 Å². The number of ether oxygens (including phenoxy) is 1. The first-order valence-corrected chi connectivity index (χ1v) is 6.04. The molecule has 2 aromatic rings. The minimum absolute atomic E-state index is 0.430. The summed E-state index contributed by atoms with van der Waals surface area (Å²) < 4.78 is 11.4. The van der Waals surface area contributed by atoms with Crippen molar-refractivity contribution in [1.82, 2.24) is 0 Å². The maximum Gasteiger partial charge on any atom is 0.124 e. The van der Waals surface area contributed by atoms with E-state index in [-0.39, 0.29) is 0 Å². The van der Waals surface area contributed by atoms with Crippen molar-refractivity contribution in [3.8, 4) is 5.75 Å². The molecular weight excluding hydrogens is 284 g/mol. The third-order valence-electron chi connectivity index (χ3n) is 2.53. The highest BCUT2D eigenvalue weighted by molar-refractivity contribution is 9.10. The van der Waals surface area contributed by atoms with Gasteiger partial charge in [0.15, 0.2) is 0 Å². The number of methoxy groups -OCH3 is 1. The van der Waals surface area contributed by atoms with Gasteiger partial charge in [-0.25, -0.2) is 0 Å². The molecule has 1 aromatic heterocycles. The van der Waals surface area contributed by atoms with Gasteiger partial charge in [-0.05, 0) is 30.3 Å². The van der Waals surface area contributed by atoms with E-state index in [2.05, 4.69) is 15.9 Å². The van der Waals surface area contributed by atoms with Crippen molar-refractivity contribution in [2.24, 2.45) is 0 Å². The number of rotatable bonds is 4. The van der Waals surface area contributed by atoms with E-state index in [0.717, 1.165) is 15.8 Å². The number of aliphatic hydroxyl groups excluding tert-OH is 1. The number of hydrogen-bond donors (Lipinski definition) is 1. The van der Waals surface area contributed by atoms with E-state index in [1.165, 1.54) is 0 Å². The van der Waals surface area contributed by atoms with Crippen LogP contribution in [0.4, 0.5) is 0 Å². The van der Waals surface area contributed by atoms with Gasteiger partial charge in [-0.1, -0.05) is 15.9 Å². The van der Waals surface area contributed by atoms with Crippen molar-refractivity contribution in [2.75, 3.05) is 7.11 Å². The van der Waals surface area contributed by atoms with Gasteiger partial charge in [-0.15, -0.1) is 0 Å².